The van der Waals surface area contributed by atoms with Gasteiger partial charge in [-0.3, -0.25) is 9.59 Å². The lowest BCUT2D eigenvalue weighted by Gasteiger charge is -2.28. The van der Waals surface area contributed by atoms with Gasteiger partial charge in [-0.15, -0.1) is 0 Å². The summed E-state index contributed by atoms with van der Waals surface area (Å²) in [5, 5.41) is 12.3. The average Bonchev–Trinajstić information content (AvgIpc) is 3.03. The third kappa shape index (κ3) is 3.30. The van der Waals surface area contributed by atoms with Crippen molar-refractivity contribution in [1.29, 1.82) is 0 Å². The molecule has 1 unspecified atom stereocenters. The Bertz CT molecular complexity index is 379. The minimum atomic E-state index is -0.824. The molecular formula is C15H25NO3S. The number of carbonyl (C=O) groups is 2. The van der Waals surface area contributed by atoms with Crippen molar-refractivity contribution in [3.05, 3.63) is 0 Å². The van der Waals surface area contributed by atoms with E-state index < -0.39 is 11.9 Å². The zero-order valence-corrected chi connectivity index (χ0v) is 13.2. The molecule has 0 spiro atoms. The zero-order valence-electron chi connectivity index (χ0n) is 12.4. The van der Waals surface area contributed by atoms with Crippen molar-refractivity contribution in [3.8, 4) is 0 Å². The van der Waals surface area contributed by atoms with Crippen molar-refractivity contribution in [2.75, 3.05) is 12.8 Å². The van der Waals surface area contributed by atoms with Crippen molar-refractivity contribution in [3.63, 3.8) is 0 Å². The van der Waals surface area contributed by atoms with Crippen LogP contribution in [0.2, 0.25) is 0 Å². The maximum Gasteiger partial charge on any atom is 0.307 e. The Balaban J connectivity index is 1.92. The summed E-state index contributed by atoms with van der Waals surface area (Å²) >= 11 is 1.84. The summed E-state index contributed by atoms with van der Waals surface area (Å²) in [6.07, 6.45) is 8.20. The molecule has 0 bridgehead atoms. The second kappa shape index (κ2) is 6.37. The smallest absolute Gasteiger partial charge is 0.307 e. The van der Waals surface area contributed by atoms with Gasteiger partial charge in [0.15, 0.2) is 0 Å². The summed E-state index contributed by atoms with van der Waals surface area (Å²) in [4.78, 5) is 23.6. The Morgan fingerprint density at radius 3 is 2.40 bits per heavy atom. The molecule has 0 aromatic rings. The Morgan fingerprint density at radius 1 is 1.25 bits per heavy atom. The van der Waals surface area contributed by atoms with Gasteiger partial charge in [-0.25, -0.2) is 0 Å². The van der Waals surface area contributed by atoms with E-state index in [2.05, 4.69) is 11.6 Å². The third-order valence-electron chi connectivity index (χ3n) is 4.98. The molecular weight excluding hydrogens is 274 g/mol. The van der Waals surface area contributed by atoms with Crippen molar-refractivity contribution < 1.29 is 14.7 Å². The number of carboxylic acid groups (broad SMARTS) is 1. The van der Waals surface area contributed by atoms with Crippen LogP contribution in [0, 0.1) is 17.8 Å². The minimum absolute atomic E-state index is 0.0536. The fraction of sp³-hybridized carbons (Fsp3) is 0.867. The van der Waals surface area contributed by atoms with Crippen molar-refractivity contribution in [1.82, 2.24) is 5.32 Å². The van der Waals surface area contributed by atoms with E-state index in [-0.39, 0.29) is 16.6 Å². The molecule has 0 aliphatic heterocycles. The van der Waals surface area contributed by atoms with Crippen LogP contribution in [0.1, 0.15) is 45.4 Å². The highest BCUT2D eigenvalue weighted by Crippen LogP contribution is 2.40. The van der Waals surface area contributed by atoms with Gasteiger partial charge in [0.25, 0.3) is 0 Å². The van der Waals surface area contributed by atoms with E-state index >= 15 is 0 Å². The van der Waals surface area contributed by atoms with Crippen LogP contribution < -0.4 is 5.32 Å². The van der Waals surface area contributed by atoms with E-state index in [9.17, 15) is 14.7 Å². The molecule has 0 saturated heterocycles. The van der Waals surface area contributed by atoms with Gasteiger partial charge in [0.1, 0.15) is 0 Å². The maximum atomic E-state index is 12.3. The largest absolute Gasteiger partial charge is 0.481 e. The molecule has 0 heterocycles. The monoisotopic (exact) mass is 299 g/mol. The molecule has 3 atom stereocenters. The minimum Gasteiger partial charge on any atom is -0.481 e. The van der Waals surface area contributed by atoms with Crippen LogP contribution in [-0.2, 0) is 9.59 Å². The van der Waals surface area contributed by atoms with Crippen molar-refractivity contribution in [2.45, 2.75) is 50.2 Å². The number of amides is 1. The lowest BCUT2D eigenvalue weighted by molar-refractivity contribution is -0.146. The quantitative estimate of drug-likeness (QED) is 0.818. The fourth-order valence-corrected chi connectivity index (χ4v) is 4.62. The highest BCUT2D eigenvalue weighted by atomic mass is 32.2. The number of nitrogens with one attached hydrogen (secondary N) is 1. The molecule has 4 nitrogen and oxygen atoms in total. The summed E-state index contributed by atoms with van der Waals surface area (Å²) < 4.78 is 0.179. The molecule has 5 heteroatoms. The number of carboxylic acids is 1. The first kappa shape index (κ1) is 15.7. The number of thioether (sulfide) groups is 1. The van der Waals surface area contributed by atoms with E-state index in [0.717, 1.165) is 12.8 Å². The summed E-state index contributed by atoms with van der Waals surface area (Å²) in [7, 11) is 0. The van der Waals surface area contributed by atoms with Crippen LogP contribution in [0.5, 0.6) is 0 Å². The Kier molecular flexibility index (Phi) is 4.99. The van der Waals surface area contributed by atoms with Gasteiger partial charge in [-0.2, -0.15) is 11.8 Å². The average molecular weight is 299 g/mol. The van der Waals surface area contributed by atoms with E-state index in [1.54, 1.807) is 0 Å². The van der Waals surface area contributed by atoms with Crippen molar-refractivity contribution >= 4 is 23.6 Å². The maximum absolute atomic E-state index is 12.3. The number of aliphatic carboxylic acids is 1. The van der Waals surface area contributed by atoms with E-state index in [1.165, 1.54) is 12.8 Å². The van der Waals surface area contributed by atoms with Crippen LogP contribution in [0.4, 0.5) is 0 Å². The first-order valence-corrected chi connectivity index (χ1v) is 8.75. The number of hydrogen-bond acceptors (Lipinski definition) is 3. The molecule has 2 aliphatic carbocycles. The molecule has 2 rings (SSSR count). The van der Waals surface area contributed by atoms with Gasteiger partial charge in [0.05, 0.1) is 11.8 Å². The van der Waals surface area contributed by atoms with Crippen LogP contribution in [-0.4, -0.2) is 34.5 Å². The molecule has 20 heavy (non-hydrogen) atoms. The van der Waals surface area contributed by atoms with Crippen LogP contribution in [0.3, 0.4) is 0 Å². The van der Waals surface area contributed by atoms with E-state index in [0.29, 0.717) is 25.3 Å². The Labute approximate surface area is 125 Å². The topological polar surface area (TPSA) is 66.4 Å². The van der Waals surface area contributed by atoms with Crippen LogP contribution in [0.15, 0.2) is 0 Å². The van der Waals surface area contributed by atoms with Gasteiger partial charge in [-0.1, -0.05) is 19.8 Å². The predicted octanol–water partition coefficient (Wildman–Crippen LogP) is 2.53. The van der Waals surface area contributed by atoms with E-state index in [1.807, 2.05) is 18.7 Å². The first-order chi connectivity index (χ1) is 9.47. The van der Waals surface area contributed by atoms with Crippen LogP contribution >= 0.6 is 11.8 Å². The van der Waals surface area contributed by atoms with Gasteiger partial charge in [0, 0.05) is 11.3 Å². The molecule has 0 aromatic carbocycles. The summed E-state index contributed by atoms with van der Waals surface area (Å²) in [6, 6.07) is 0. The lowest BCUT2D eigenvalue weighted by Crippen LogP contribution is -2.42. The Morgan fingerprint density at radius 2 is 1.85 bits per heavy atom. The Hall–Kier alpha value is -0.710. The van der Waals surface area contributed by atoms with Gasteiger partial charge < -0.3 is 10.4 Å². The summed E-state index contributed by atoms with van der Waals surface area (Å²) in [6.45, 7) is 2.72. The SMILES string of the molecule is CSC1(CNC(=O)[C@H]2CC(C)C[C@H]2C(=O)O)CCCC1. The normalized spacial score (nSPS) is 32.2. The number of rotatable bonds is 5. The van der Waals surface area contributed by atoms with Crippen molar-refractivity contribution in [2.24, 2.45) is 17.8 Å². The van der Waals surface area contributed by atoms with Gasteiger partial charge in [-0.05, 0) is 37.9 Å². The fourth-order valence-electron chi connectivity index (χ4n) is 3.71. The molecule has 2 N–H and O–H groups in total. The molecule has 2 saturated carbocycles. The zero-order chi connectivity index (χ0) is 14.8. The predicted molar refractivity (Wildman–Crippen MR) is 80.7 cm³/mol. The second-order valence-corrected chi connectivity index (χ2v) is 7.71. The lowest BCUT2D eigenvalue weighted by atomic mass is 9.95. The van der Waals surface area contributed by atoms with E-state index in [4.69, 9.17) is 0 Å². The highest BCUT2D eigenvalue weighted by molar-refractivity contribution is 8.00. The molecule has 0 radical (unpaired) electrons. The molecule has 1 amide bonds. The first-order valence-electron chi connectivity index (χ1n) is 7.53. The summed E-state index contributed by atoms with van der Waals surface area (Å²) in [5.74, 6) is -1.40. The second-order valence-electron chi connectivity index (χ2n) is 6.44. The third-order valence-corrected chi connectivity index (χ3v) is 6.40. The number of carbonyl (C=O) groups excluding carboxylic acids is 1. The van der Waals surface area contributed by atoms with Crippen LogP contribution in [0.25, 0.3) is 0 Å². The van der Waals surface area contributed by atoms with Gasteiger partial charge >= 0.3 is 5.97 Å². The molecule has 0 aromatic heterocycles. The molecule has 2 fully saturated rings. The number of hydrogen-bond donors (Lipinski definition) is 2. The standard InChI is InChI=1S/C15H25NO3S/c1-10-7-11(12(8-10)14(18)19)13(17)16-9-15(20-2)5-3-4-6-15/h10-12H,3-9H2,1-2H3,(H,16,17)(H,18,19)/t10?,11-,12+/m0/s1. The van der Waals surface area contributed by atoms with Gasteiger partial charge in [0.2, 0.25) is 5.91 Å². The highest BCUT2D eigenvalue weighted by Gasteiger charge is 2.42. The molecule has 114 valence electrons. The summed E-state index contributed by atoms with van der Waals surface area (Å²) in [5.41, 5.74) is 0. The molecule has 2 aliphatic rings.